The summed E-state index contributed by atoms with van der Waals surface area (Å²) in [4.78, 5) is 19.4. The Balaban J connectivity index is 1.81. The van der Waals surface area contributed by atoms with Gasteiger partial charge in [0.15, 0.2) is 0 Å². The van der Waals surface area contributed by atoms with E-state index in [0.29, 0.717) is 12.6 Å². The molecular weight excluding hydrogens is 310 g/mol. The van der Waals surface area contributed by atoms with Gasteiger partial charge in [-0.3, -0.25) is 0 Å². The molecule has 0 fully saturated rings. The maximum atomic E-state index is 12.0. The Hall–Kier alpha value is -1.40. The second kappa shape index (κ2) is 7.45. The first-order chi connectivity index (χ1) is 10.8. The van der Waals surface area contributed by atoms with Crippen LogP contribution in [-0.2, 0) is 4.74 Å². The molecule has 128 valence electrons. The summed E-state index contributed by atoms with van der Waals surface area (Å²) in [5.74, 6) is 0. The molecule has 1 aliphatic rings. The fraction of sp³-hybridized carbons (Fsp3) is 0.647. The standard InChI is InChI=1S/C17H27N3O2S/c1-12(15-13(2)19-11-23-15)18-10-14-6-8-20(9-7-14)16(21)22-17(3,4)5/h6,11-12,18H,7-10H2,1-5H3. The number of ether oxygens (including phenoxy) is 1. The molecule has 0 bridgehead atoms. The number of nitrogens with zero attached hydrogens (tertiary/aromatic N) is 2. The summed E-state index contributed by atoms with van der Waals surface area (Å²) in [5.41, 5.74) is 3.90. The first-order valence-corrected chi connectivity index (χ1v) is 8.93. The van der Waals surface area contributed by atoms with Crippen molar-refractivity contribution < 1.29 is 9.53 Å². The van der Waals surface area contributed by atoms with E-state index in [-0.39, 0.29) is 6.09 Å². The molecule has 1 N–H and O–H groups in total. The number of hydrogen-bond donors (Lipinski definition) is 1. The van der Waals surface area contributed by atoms with Gasteiger partial charge in [0.2, 0.25) is 0 Å². The fourth-order valence-electron chi connectivity index (χ4n) is 2.47. The molecule has 1 aromatic heterocycles. The Morgan fingerprint density at radius 1 is 1.52 bits per heavy atom. The van der Waals surface area contributed by atoms with Crippen molar-refractivity contribution in [1.82, 2.24) is 15.2 Å². The van der Waals surface area contributed by atoms with Gasteiger partial charge in [0.1, 0.15) is 5.60 Å². The van der Waals surface area contributed by atoms with Crippen molar-refractivity contribution in [3.63, 3.8) is 0 Å². The van der Waals surface area contributed by atoms with E-state index in [0.717, 1.165) is 25.2 Å². The van der Waals surface area contributed by atoms with Crippen LogP contribution in [0.2, 0.25) is 0 Å². The van der Waals surface area contributed by atoms with Crippen molar-refractivity contribution in [3.8, 4) is 0 Å². The predicted octanol–water partition coefficient (Wildman–Crippen LogP) is 3.67. The summed E-state index contributed by atoms with van der Waals surface area (Å²) in [5, 5.41) is 3.55. The molecule has 0 spiro atoms. The molecule has 2 rings (SSSR count). The predicted molar refractivity (Wildman–Crippen MR) is 93.8 cm³/mol. The SMILES string of the molecule is Cc1ncsc1C(C)NCC1=CCN(C(=O)OC(C)(C)C)CC1. The molecule has 0 aromatic carbocycles. The van der Waals surface area contributed by atoms with Crippen molar-refractivity contribution >= 4 is 17.4 Å². The summed E-state index contributed by atoms with van der Waals surface area (Å²) in [6.07, 6.45) is 2.79. The van der Waals surface area contributed by atoms with E-state index in [9.17, 15) is 4.79 Å². The first-order valence-electron chi connectivity index (χ1n) is 8.05. The van der Waals surface area contributed by atoms with Gasteiger partial charge in [-0.2, -0.15) is 0 Å². The highest BCUT2D eigenvalue weighted by Gasteiger charge is 2.23. The minimum absolute atomic E-state index is 0.227. The van der Waals surface area contributed by atoms with Crippen LogP contribution in [0.4, 0.5) is 4.79 Å². The molecule has 2 heterocycles. The van der Waals surface area contributed by atoms with E-state index in [1.165, 1.54) is 10.5 Å². The lowest BCUT2D eigenvalue weighted by molar-refractivity contribution is 0.0265. The third-order valence-electron chi connectivity index (χ3n) is 3.77. The van der Waals surface area contributed by atoms with Gasteiger partial charge in [-0.15, -0.1) is 11.3 Å². The number of nitrogens with one attached hydrogen (secondary N) is 1. The summed E-state index contributed by atoms with van der Waals surface area (Å²) < 4.78 is 5.41. The lowest BCUT2D eigenvalue weighted by atomic mass is 10.1. The number of carbonyl (C=O) groups excluding carboxylic acids is 1. The second-order valence-corrected chi connectivity index (χ2v) is 7.83. The molecule has 5 nitrogen and oxygen atoms in total. The number of aromatic nitrogens is 1. The Morgan fingerprint density at radius 2 is 2.26 bits per heavy atom. The molecule has 0 saturated heterocycles. The van der Waals surface area contributed by atoms with Crippen LogP contribution in [0.3, 0.4) is 0 Å². The average molecular weight is 337 g/mol. The van der Waals surface area contributed by atoms with E-state index in [4.69, 9.17) is 4.74 Å². The zero-order valence-electron chi connectivity index (χ0n) is 14.7. The molecule has 1 aromatic rings. The fourth-order valence-corrected chi connectivity index (χ4v) is 3.30. The molecular formula is C17H27N3O2S. The van der Waals surface area contributed by atoms with Gasteiger partial charge < -0.3 is 15.0 Å². The number of amides is 1. The van der Waals surface area contributed by atoms with E-state index < -0.39 is 5.60 Å². The number of thiazole rings is 1. The summed E-state index contributed by atoms with van der Waals surface area (Å²) in [7, 11) is 0. The van der Waals surface area contributed by atoms with Crippen LogP contribution in [-0.4, -0.2) is 41.2 Å². The van der Waals surface area contributed by atoms with Crippen molar-refractivity contribution in [2.45, 2.75) is 52.7 Å². The van der Waals surface area contributed by atoms with Gasteiger partial charge >= 0.3 is 6.09 Å². The van der Waals surface area contributed by atoms with Gasteiger partial charge in [-0.05, 0) is 41.0 Å². The van der Waals surface area contributed by atoms with Gasteiger partial charge in [0, 0.05) is 30.6 Å². The van der Waals surface area contributed by atoms with Gasteiger partial charge in [0.05, 0.1) is 11.2 Å². The Bertz CT molecular complexity index is 575. The highest BCUT2D eigenvalue weighted by molar-refractivity contribution is 7.09. The Labute approximate surface area is 142 Å². The molecule has 23 heavy (non-hydrogen) atoms. The van der Waals surface area contributed by atoms with E-state index in [1.54, 1.807) is 16.2 Å². The molecule has 6 heteroatoms. The van der Waals surface area contributed by atoms with Crippen LogP contribution < -0.4 is 5.32 Å². The minimum atomic E-state index is -0.440. The molecule has 0 radical (unpaired) electrons. The van der Waals surface area contributed by atoms with Crippen molar-refractivity contribution in [3.05, 3.63) is 27.7 Å². The third kappa shape index (κ3) is 5.32. The first kappa shape index (κ1) is 17.9. The maximum Gasteiger partial charge on any atom is 0.410 e. The van der Waals surface area contributed by atoms with Crippen molar-refractivity contribution in [2.24, 2.45) is 0 Å². The molecule has 1 atom stereocenters. The molecule has 0 saturated carbocycles. The number of aryl methyl sites for hydroxylation is 1. The lowest BCUT2D eigenvalue weighted by Crippen LogP contribution is -2.40. The quantitative estimate of drug-likeness (QED) is 0.852. The van der Waals surface area contributed by atoms with Crippen LogP contribution >= 0.6 is 11.3 Å². The summed E-state index contributed by atoms with van der Waals surface area (Å²) in [6, 6.07) is 0.298. The van der Waals surface area contributed by atoms with Crippen LogP contribution in [0.1, 0.15) is 50.7 Å². The van der Waals surface area contributed by atoms with Gasteiger partial charge in [-0.25, -0.2) is 9.78 Å². The molecule has 1 aliphatic heterocycles. The van der Waals surface area contributed by atoms with Crippen LogP contribution in [0.25, 0.3) is 0 Å². The molecule has 0 aliphatic carbocycles. The van der Waals surface area contributed by atoms with E-state index >= 15 is 0 Å². The number of hydrogen-bond acceptors (Lipinski definition) is 5. The smallest absolute Gasteiger partial charge is 0.410 e. The largest absolute Gasteiger partial charge is 0.444 e. The van der Waals surface area contributed by atoms with E-state index in [1.807, 2.05) is 33.2 Å². The molecule has 1 unspecified atom stereocenters. The molecule has 1 amide bonds. The van der Waals surface area contributed by atoms with Gasteiger partial charge in [0.25, 0.3) is 0 Å². The lowest BCUT2D eigenvalue weighted by Gasteiger charge is -2.30. The van der Waals surface area contributed by atoms with Crippen LogP contribution in [0.5, 0.6) is 0 Å². The van der Waals surface area contributed by atoms with Crippen LogP contribution in [0.15, 0.2) is 17.2 Å². The van der Waals surface area contributed by atoms with Crippen molar-refractivity contribution in [2.75, 3.05) is 19.6 Å². The average Bonchev–Trinajstić information content (AvgIpc) is 2.90. The highest BCUT2D eigenvalue weighted by Crippen LogP contribution is 2.22. The number of rotatable bonds is 4. The topological polar surface area (TPSA) is 54.5 Å². The minimum Gasteiger partial charge on any atom is -0.444 e. The monoisotopic (exact) mass is 337 g/mol. The highest BCUT2D eigenvalue weighted by atomic mass is 32.1. The zero-order valence-corrected chi connectivity index (χ0v) is 15.5. The van der Waals surface area contributed by atoms with Crippen molar-refractivity contribution in [1.29, 1.82) is 0 Å². The Kier molecular flexibility index (Phi) is 5.81. The third-order valence-corrected chi connectivity index (χ3v) is 4.88. The van der Waals surface area contributed by atoms with E-state index in [2.05, 4.69) is 23.3 Å². The summed E-state index contributed by atoms with van der Waals surface area (Å²) >= 11 is 1.69. The maximum absolute atomic E-state index is 12.0. The number of carbonyl (C=O) groups is 1. The second-order valence-electron chi connectivity index (χ2n) is 6.94. The van der Waals surface area contributed by atoms with Crippen LogP contribution in [0, 0.1) is 6.92 Å². The zero-order chi connectivity index (χ0) is 17.0. The Morgan fingerprint density at radius 3 is 2.78 bits per heavy atom. The normalized spacial score (nSPS) is 16.9. The van der Waals surface area contributed by atoms with Gasteiger partial charge in [-0.1, -0.05) is 11.6 Å². The summed E-state index contributed by atoms with van der Waals surface area (Å²) in [6.45, 7) is 12.1.